The fourth-order valence-electron chi connectivity index (χ4n) is 2.76. The van der Waals surface area contributed by atoms with Gasteiger partial charge in [-0.15, -0.1) is 0 Å². The van der Waals surface area contributed by atoms with Crippen molar-refractivity contribution >= 4 is 17.6 Å². The lowest BCUT2D eigenvalue weighted by Gasteiger charge is -2.35. The van der Waals surface area contributed by atoms with E-state index in [9.17, 15) is 9.59 Å². The lowest BCUT2D eigenvalue weighted by Crippen LogP contribution is -2.51. The van der Waals surface area contributed by atoms with Gasteiger partial charge < -0.3 is 15.0 Å². The zero-order valence-electron chi connectivity index (χ0n) is 15.1. The Morgan fingerprint density at radius 1 is 1.20 bits per heavy atom. The molecule has 7 nitrogen and oxygen atoms in total. The summed E-state index contributed by atoms with van der Waals surface area (Å²) in [6, 6.07) is 7.57. The number of nitrogens with zero attached hydrogens (tertiary/aromatic N) is 2. The van der Waals surface area contributed by atoms with Crippen LogP contribution in [0.2, 0.25) is 0 Å². The number of urea groups is 1. The number of piperazine rings is 1. The summed E-state index contributed by atoms with van der Waals surface area (Å²) in [6.45, 7) is 6.12. The first-order valence-electron chi connectivity index (χ1n) is 8.81. The van der Waals surface area contributed by atoms with Crippen LogP contribution in [-0.2, 0) is 4.79 Å². The maximum Gasteiger partial charge on any atom is 0.321 e. The summed E-state index contributed by atoms with van der Waals surface area (Å²) < 4.78 is 5.26. The number of unbranched alkanes of at least 4 members (excludes halogenated alkanes) is 1. The van der Waals surface area contributed by atoms with Crippen LogP contribution in [0.1, 0.15) is 19.8 Å². The van der Waals surface area contributed by atoms with Crippen molar-refractivity contribution in [1.29, 1.82) is 0 Å². The van der Waals surface area contributed by atoms with Crippen LogP contribution in [-0.4, -0.2) is 63.2 Å². The molecule has 1 heterocycles. The molecule has 7 heteroatoms. The van der Waals surface area contributed by atoms with Crippen LogP contribution in [0.3, 0.4) is 0 Å². The Labute approximate surface area is 149 Å². The molecular weight excluding hydrogens is 320 g/mol. The van der Waals surface area contributed by atoms with Crippen molar-refractivity contribution in [2.24, 2.45) is 0 Å². The number of anilines is 1. The van der Waals surface area contributed by atoms with Crippen molar-refractivity contribution in [2.45, 2.75) is 19.8 Å². The second-order valence-corrected chi connectivity index (χ2v) is 6.12. The topological polar surface area (TPSA) is 73.9 Å². The quantitative estimate of drug-likeness (QED) is 0.730. The molecule has 3 amide bonds. The Bertz CT molecular complexity index is 571. The molecule has 0 aliphatic carbocycles. The van der Waals surface area contributed by atoms with Crippen molar-refractivity contribution in [1.82, 2.24) is 15.5 Å². The molecule has 0 aromatic heterocycles. The molecule has 0 bridgehead atoms. The standard InChI is InChI=1S/C18H28N4O3/c1-3-4-8-19-18(24)20-17(23)14-21-9-11-22(12-10-21)15-6-5-7-16(13-15)25-2/h5-7,13H,3-4,8-12,14H2,1-2H3,(H2,19,20,23,24). The van der Waals surface area contributed by atoms with E-state index in [4.69, 9.17) is 4.74 Å². The minimum absolute atomic E-state index is 0.243. The van der Waals surface area contributed by atoms with Crippen LogP contribution in [0.4, 0.5) is 10.5 Å². The van der Waals surface area contributed by atoms with Crippen molar-refractivity contribution in [3.05, 3.63) is 24.3 Å². The highest BCUT2D eigenvalue weighted by Crippen LogP contribution is 2.21. The van der Waals surface area contributed by atoms with Gasteiger partial charge in [-0.05, 0) is 18.6 Å². The van der Waals surface area contributed by atoms with Gasteiger partial charge in [-0.25, -0.2) is 4.79 Å². The molecule has 0 radical (unpaired) electrons. The van der Waals surface area contributed by atoms with Crippen molar-refractivity contribution in [3.8, 4) is 5.75 Å². The van der Waals surface area contributed by atoms with Crippen LogP contribution in [0.5, 0.6) is 5.75 Å². The number of carbonyl (C=O) groups is 2. The molecule has 0 atom stereocenters. The first-order chi connectivity index (χ1) is 12.1. The predicted molar refractivity (Wildman–Crippen MR) is 98.1 cm³/mol. The van der Waals surface area contributed by atoms with Gasteiger partial charge in [-0.1, -0.05) is 19.4 Å². The van der Waals surface area contributed by atoms with Gasteiger partial charge in [0.05, 0.1) is 13.7 Å². The van der Waals surface area contributed by atoms with E-state index in [0.29, 0.717) is 6.54 Å². The predicted octanol–water partition coefficient (Wildman–Crippen LogP) is 1.44. The van der Waals surface area contributed by atoms with E-state index in [0.717, 1.165) is 50.5 Å². The monoisotopic (exact) mass is 348 g/mol. The smallest absolute Gasteiger partial charge is 0.321 e. The summed E-state index contributed by atoms with van der Waals surface area (Å²) in [7, 11) is 1.66. The fourth-order valence-corrected chi connectivity index (χ4v) is 2.76. The van der Waals surface area contributed by atoms with Gasteiger partial charge >= 0.3 is 6.03 Å². The zero-order chi connectivity index (χ0) is 18.1. The third-order valence-corrected chi connectivity index (χ3v) is 4.23. The molecule has 2 rings (SSSR count). The summed E-state index contributed by atoms with van der Waals surface area (Å²) in [5, 5.41) is 5.06. The number of hydrogen-bond acceptors (Lipinski definition) is 5. The van der Waals surface area contributed by atoms with Gasteiger partial charge in [0.15, 0.2) is 0 Å². The van der Waals surface area contributed by atoms with E-state index in [1.54, 1.807) is 7.11 Å². The van der Waals surface area contributed by atoms with E-state index < -0.39 is 6.03 Å². The third kappa shape index (κ3) is 6.26. The first-order valence-corrected chi connectivity index (χ1v) is 8.81. The summed E-state index contributed by atoms with van der Waals surface area (Å²) in [6.07, 6.45) is 1.92. The molecule has 1 aliphatic rings. The molecular formula is C18H28N4O3. The average molecular weight is 348 g/mol. The summed E-state index contributed by atoms with van der Waals surface area (Å²) in [5.41, 5.74) is 1.12. The van der Waals surface area contributed by atoms with Crippen molar-refractivity contribution in [3.63, 3.8) is 0 Å². The Kier molecular flexibility index (Phi) is 7.53. The molecule has 1 aromatic carbocycles. The number of ether oxygens (including phenoxy) is 1. The van der Waals surface area contributed by atoms with Crippen LogP contribution in [0.15, 0.2) is 24.3 Å². The van der Waals surface area contributed by atoms with Gasteiger partial charge in [-0.2, -0.15) is 0 Å². The number of rotatable bonds is 7. The van der Waals surface area contributed by atoms with Crippen LogP contribution in [0.25, 0.3) is 0 Å². The fraction of sp³-hybridized carbons (Fsp3) is 0.556. The highest BCUT2D eigenvalue weighted by atomic mass is 16.5. The normalized spacial score (nSPS) is 14.9. The third-order valence-electron chi connectivity index (χ3n) is 4.23. The molecule has 0 spiro atoms. The zero-order valence-corrected chi connectivity index (χ0v) is 15.1. The maximum absolute atomic E-state index is 11.9. The van der Waals surface area contributed by atoms with E-state index >= 15 is 0 Å². The molecule has 138 valence electrons. The van der Waals surface area contributed by atoms with Gasteiger partial charge in [0.25, 0.3) is 0 Å². The van der Waals surface area contributed by atoms with Crippen LogP contribution in [0, 0.1) is 0 Å². The second-order valence-electron chi connectivity index (χ2n) is 6.12. The maximum atomic E-state index is 11.9. The summed E-state index contributed by atoms with van der Waals surface area (Å²) in [4.78, 5) is 27.9. The average Bonchev–Trinajstić information content (AvgIpc) is 2.62. The molecule has 1 aliphatic heterocycles. The number of amides is 3. The lowest BCUT2D eigenvalue weighted by atomic mass is 10.2. The molecule has 1 saturated heterocycles. The Morgan fingerprint density at radius 2 is 1.96 bits per heavy atom. The Balaban J connectivity index is 1.72. The molecule has 2 N–H and O–H groups in total. The number of nitrogens with one attached hydrogen (secondary N) is 2. The number of hydrogen-bond donors (Lipinski definition) is 2. The van der Waals surface area contributed by atoms with E-state index in [1.165, 1.54) is 0 Å². The van der Waals surface area contributed by atoms with Crippen molar-refractivity contribution in [2.75, 3.05) is 51.3 Å². The SMILES string of the molecule is CCCCNC(=O)NC(=O)CN1CCN(c2cccc(OC)c2)CC1. The second kappa shape index (κ2) is 9.88. The highest BCUT2D eigenvalue weighted by molar-refractivity contribution is 5.95. The van der Waals surface area contributed by atoms with Gasteiger partial charge in [0, 0.05) is 44.5 Å². The van der Waals surface area contributed by atoms with Crippen LogP contribution < -0.4 is 20.3 Å². The highest BCUT2D eigenvalue weighted by Gasteiger charge is 2.20. The number of methoxy groups -OCH3 is 1. The molecule has 1 fully saturated rings. The van der Waals surface area contributed by atoms with E-state index in [1.807, 2.05) is 18.2 Å². The molecule has 0 saturated carbocycles. The van der Waals surface area contributed by atoms with Gasteiger partial charge in [-0.3, -0.25) is 15.0 Å². The molecule has 0 unspecified atom stereocenters. The summed E-state index contributed by atoms with van der Waals surface area (Å²) in [5.74, 6) is 0.581. The Hall–Kier alpha value is -2.28. The van der Waals surface area contributed by atoms with E-state index in [2.05, 4.69) is 33.4 Å². The van der Waals surface area contributed by atoms with Crippen LogP contribution >= 0.6 is 0 Å². The minimum Gasteiger partial charge on any atom is -0.497 e. The van der Waals surface area contributed by atoms with Gasteiger partial charge in [0.1, 0.15) is 5.75 Å². The number of imide groups is 1. The number of benzene rings is 1. The number of carbonyl (C=O) groups excluding carboxylic acids is 2. The minimum atomic E-state index is -0.409. The largest absolute Gasteiger partial charge is 0.497 e. The van der Waals surface area contributed by atoms with E-state index in [-0.39, 0.29) is 12.5 Å². The summed E-state index contributed by atoms with van der Waals surface area (Å²) >= 11 is 0. The Morgan fingerprint density at radius 3 is 2.64 bits per heavy atom. The lowest BCUT2D eigenvalue weighted by molar-refractivity contribution is -0.121. The van der Waals surface area contributed by atoms with Gasteiger partial charge in [0.2, 0.25) is 5.91 Å². The molecule has 25 heavy (non-hydrogen) atoms. The molecule has 1 aromatic rings. The van der Waals surface area contributed by atoms with Crippen molar-refractivity contribution < 1.29 is 14.3 Å². The first kappa shape index (κ1) is 19.1.